The molecule has 2 heterocycles. The quantitative estimate of drug-likeness (QED) is 0.596. The predicted octanol–water partition coefficient (Wildman–Crippen LogP) is 3.86. The van der Waals surface area contributed by atoms with Crippen LogP contribution >= 0.6 is 11.6 Å². The van der Waals surface area contributed by atoms with E-state index >= 15 is 0 Å². The fraction of sp³-hybridized carbons (Fsp3) is 0.480. The summed E-state index contributed by atoms with van der Waals surface area (Å²) in [6.07, 6.45) is 2.79. The Morgan fingerprint density at radius 1 is 0.971 bits per heavy atom. The molecule has 2 aromatic rings. The SMILES string of the molecule is Cc1cccc(N2CCN(C(=O)COc3ccc(S(=O)(=O)N4CCCCC4)cc3Cl)CC2)c1C. The van der Waals surface area contributed by atoms with E-state index < -0.39 is 10.0 Å². The molecule has 9 heteroatoms. The van der Waals surface area contributed by atoms with Crippen LogP contribution in [0.5, 0.6) is 5.75 Å². The lowest BCUT2D eigenvalue weighted by molar-refractivity contribution is -0.133. The van der Waals surface area contributed by atoms with Crippen molar-refractivity contribution in [2.75, 3.05) is 50.8 Å². The van der Waals surface area contributed by atoms with E-state index in [1.54, 1.807) is 4.90 Å². The van der Waals surface area contributed by atoms with E-state index in [-0.39, 0.29) is 22.4 Å². The molecule has 0 saturated carbocycles. The number of carbonyl (C=O) groups excluding carboxylic acids is 1. The summed E-state index contributed by atoms with van der Waals surface area (Å²) in [6, 6.07) is 10.7. The van der Waals surface area contributed by atoms with E-state index in [1.807, 2.05) is 0 Å². The zero-order valence-corrected chi connectivity index (χ0v) is 21.4. The van der Waals surface area contributed by atoms with E-state index in [2.05, 4.69) is 36.9 Å². The van der Waals surface area contributed by atoms with E-state index in [9.17, 15) is 13.2 Å². The van der Waals surface area contributed by atoms with E-state index in [1.165, 1.54) is 39.3 Å². The molecule has 0 aromatic heterocycles. The van der Waals surface area contributed by atoms with Crippen molar-refractivity contribution < 1.29 is 17.9 Å². The summed E-state index contributed by atoms with van der Waals surface area (Å²) in [5, 5.41) is 0.186. The molecule has 184 valence electrons. The van der Waals surface area contributed by atoms with Crippen molar-refractivity contribution in [3.05, 3.63) is 52.5 Å². The van der Waals surface area contributed by atoms with Gasteiger partial charge in [0.25, 0.3) is 5.91 Å². The lowest BCUT2D eigenvalue weighted by Gasteiger charge is -2.37. The van der Waals surface area contributed by atoms with Gasteiger partial charge in [0.1, 0.15) is 5.75 Å². The fourth-order valence-corrected chi connectivity index (χ4v) is 6.36. The first-order chi connectivity index (χ1) is 16.3. The number of piperidine rings is 1. The van der Waals surface area contributed by atoms with Crippen LogP contribution in [-0.4, -0.2) is 69.4 Å². The second-order valence-corrected chi connectivity index (χ2v) is 11.3. The molecule has 4 rings (SSSR count). The number of hydrogen-bond acceptors (Lipinski definition) is 5. The van der Waals surface area contributed by atoms with Crippen molar-refractivity contribution in [1.29, 1.82) is 0 Å². The highest BCUT2D eigenvalue weighted by Gasteiger charge is 2.27. The number of piperazine rings is 1. The molecule has 0 bridgehead atoms. The molecular formula is C25H32ClN3O4S. The zero-order valence-electron chi connectivity index (χ0n) is 19.8. The van der Waals surface area contributed by atoms with Crippen molar-refractivity contribution in [3.63, 3.8) is 0 Å². The Labute approximate surface area is 207 Å². The molecule has 0 radical (unpaired) electrons. The van der Waals surface area contributed by atoms with Gasteiger partial charge in [-0.2, -0.15) is 4.31 Å². The number of halogens is 1. The van der Waals surface area contributed by atoms with Gasteiger partial charge in [0.2, 0.25) is 10.0 Å². The highest BCUT2D eigenvalue weighted by atomic mass is 35.5. The third kappa shape index (κ3) is 5.34. The van der Waals surface area contributed by atoms with Gasteiger partial charge in [0, 0.05) is 45.0 Å². The number of anilines is 1. The Balaban J connectivity index is 1.32. The van der Waals surface area contributed by atoms with Crippen molar-refractivity contribution in [3.8, 4) is 5.75 Å². The van der Waals surface area contributed by atoms with E-state index in [0.717, 1.165) is 32.4 Å². The molecule has 2 aliphatic rings. The summed E-state index contributed by atoms with van der Waals surface area (Å²) in [7, 11) is -3.57. The molecule has 34 heavy (non-hydrogen) atoms. The minimum absolute atomic E-state index is 0.110. The van der Waals surface area contributed by atoms with Gasteiger partial charge in [-0.15, -0.1) is 0 Å². The molecule has 0 atom stereocenters. The van der Waals surface area contributed by atoms with Gasteiger partial charge in [0.15, 0.2) is 6.61 Å². The third-order valence-electron chi connectivity index (χ3n) is 6.76. The smallest absolute Gasteiger partial charge is 0.260 e. The third-order valence-corrected chi connectivity index (χ3v) is 8.95. The molecule has 0 unspecified atom stereocenters. The van der Waals surface area contributed by atoms with Crippen LogP contribution in [0.25, 0.3) is 0 Å². The van der Waals surface area contributed by atoms with Gasteiger partial charge in [-0.3, -0.25) is 4.79 Å². The number of aryl methyl sites for hydroxylation is 1. The molecule has 1 amide bonds. The van der Waals surface area contributed by atoms with Crippen LogP contribution in [0.1, 0.15) is 30.4 Å². The van der Waals surface area contributed by atoms with Crippen molar-refractivity contribution in [2.45, 2.75) is 38.0 Å². The number of carbonyl (C=O) groups is 1. The summed E-state index contributed by atoms with van der Waals surface area (Å²) >= 11 is 6.32. The second kappa shape index (κ2) is 10.5. The van der Waals surface area contributed by atoms with Gasteiger partial charge in [0.05, 0.1) is 9.92 Å². The number of sulfonamides is 1. The minimum Gasteiger partial charge on any atom is -0.482 e. The number of benzene rings is 2. The minimum atomic E-state index is -3.57. The maximum absolute atomic E-state index is 12.9. The highest BCUT2D eigenvalue weighted by Crippen LogP contribution is 2.30. The summed E-state index contributed by atoms with van der Waals surface area (Å²) in [5.41, 5.74) is 3.75. The number of amides is 1. The molecule has 7 nitrogen and oxygen atoms in total. The molecule has 0 aliphatic carbocycles. The number of rotatable bonds is 6. The standard InChI is InChI=1S/C25H32ClN3O4S/c1-19-7-6-8-23(20(19)2)27-13-15-28(16-14-27)25(30)18-33-24-10-9-21(17-22(24)26)34(31,32)29-11-4-3-5-12-29/h6-10,17H,3-5,11-16,18H2,1-2H3. The molecule has 2 saturated heterocycles. The van der Waals surface area contributed by atoms with Gasteiger partial charge in [-0.25, -0.2) is 8.42 Å². The van der Waals surface area contributed by atoms with Crippen LogP contribution in [0.3, 0.4) is 0 Å². The second-order valence-electron chi connectivity index (χ2n) is 8.93. The van der Waals surface area contributed by atoms with Crippen LogP contribution in [-0.2, 0) is 14.8 Å². The summed E-state index contributed by atoms with van der Waals surface area (Å²) in [6.45, 7) is 7.93. The summed E-state index contributed by atoms with van der Waals surface area (Å²) in [5.74, 6) is 0.198. The first-order valence-corrected chi connectivity index (χ1v) is 13.6. The molecule has 2 aromatic carbocycles. The maximum atomic E-state index is 12.9. The normalized spacial score (nSPS) is 17.6. The number of nitrogens with zero attached hydrogens (tertiary/aromatic N) is 3. The van der Waals surface area contributed by atoms with Gasteiger partial charge < -0.3 is 14.5 Å². The van der Waals surface area contributed by atoms with Crippen molar-refractivity contribution >= 4 is 33.2 Å². The molecule has 2 fully saturated rings. The lowest BCUT2D eigenvalue weighted by atomic mass is 10.1. The number of ether oxygens (including phenoxy) is 1. The topological polar surface area (TPSA) is 70.2 Å². The van der Waals surface area contributed by atoms with E-state index in [4.69, 9.17) is 16.3 Å². The van der Waals surface area contributed by atoms with Crippen molar-refractivity contribution in [2.24, 2.45) is 0 Å². The molecule has 2 aliphatic heterocycles. The van der Waals surface area contributed by atoms with E-state index in [0.29, 0.717) is 31.9 Å². The highest BCUT2D eigenvalue weighted by molar-refractivity contribution is 7.89. The lowest BCUT2D eigenvalue weighted by Crippen LogP contribution is -2.50. The monoisotopic (exact) mass is 505 g/mol. The summed E-state index contributed by atoms with van der Waals surface area (Å²) < 4.78 is 32.9. The Hall–Kier alpha value is -2.29. The number of hydrogen-bond donors (Lipinski definition) is 0. The zero-order chi connectivity index (χ0) is 24.3. The van der Waals surface area contributed by atoms with Crippen LogP contribution in [0, 0.1) is 13.8 Å². The van der Waals surface area contributed by atoms with Crippen LogP contribution in [0.2, 0.25) is 5.02 Å². The maximum Gasteiger partial charge on any atom is 0.260 e. The first kappa shape index (κ1) is 24.8. The molecule has 0 spiro atoms. The largest absolute Gasteiger partial charge is 0.482 e. The Morgan fingerprint density at radius 3 is 2.35 bits per heavy atom. The molecule has 0 N–H and O–H groups in total. The van der Waals surface area contributed by atoms with Gasteiger partial charge in [-0.05, 0) is 62.1 Å². The average Bonchev–Trinajstić information content (AvgIpc) is 2.85. The Bertz CT molecular complexity index is 1140. The van der Waals surface area contributed by atoms with Gasteiger partial charge >= 0.3 is 0 Å². The predicted molar refractivity (Wildman–Crippen MR) is 134 cm³/mol. The first-order valence-electron chi connectivity index (χ1n) is 11.8. The Kier molecular flexibility index (Phi) is 7.70. The molecular weight excluding hydrogens is 474 g/mol. The van der Waals surface area contributed by atoms with Crippen molar-refractivity contribution in [1.82, 2.24) is 9.21 Å². The average molecular weight is 506 g/mol. The summed E-state index contributed by atoms with van der Waals surface area (Å²) in [4.78, 5) is 17.0. The van der Waals surface area contributed by atoms with Crippen LogP contribution < -0.4 is 9.64 Å². The van der Waals surface area contributed by atoms with Crippen LogP contribution in [0.4, 0.5) is 5.69 Å². The van der Waals surface area contributed by atoms with Crippen LogP contribution in [0.15, 0.2) is 41.3 Å². The fourth-order valence-electron chi connectivity index (χ4n) is 4.52. The van der Waals surface area contributed by atoms with Gasteiger partial charge in [-0.1, -0.05) is 30.2 Å². The Morgan fingerprint density at radius 2 is 1.68 bits per heavy atom.